The number of piperidine rings is 1. The van der Waals surface area contributed by atoms with E-state index in [1.165, 1.54) is 5.69 Å². The molecular weight excluding hydrogens is 370 g/mol. The van der Waals surface area contributed by atoms with Crippen molar-refractivity contribution in [1.29, 1.82) is 0 Å². The van der Waals surface area contributed by atoms with Gasteiger partial charge in [0.1, 0.15) is 24.9 Å². The number of anilines is 2. The first-order valence-electron chi connectivity index (χ1n) is 10.5. The van der Waals surface area contributed by atoms with Gasteiger partial charge in [-0.1, -0.05) is 0 Å². The Morgan fingerprint density at radius 2 is 1.97 bits per heavy atom. The van der Waals surface area contributed by atoms with Crippen LogP contribution in [0.15, 0.2) is 29.5 Å². The lowest BCUT2D eigenvalue weighted by atomic mass is 9.92. The van der Waals surface area contributed by atoms with E-state index < -0.39 is 6.10 Å². The number of aliphatic imine (C=N–C) groups is 1. The zero-order chi connectivity index (χ0) is 19.6. The average Bonchev–Trinajstić information content (AvgIpc) is 3.33. The molecule has 2 saturated heterocycles. The first kappa shape index (κ1) is 18.6. The highest BCUT2D eigenvalue weighted by molar-refractivity contribution is 5.91. The highest BCUT2D eigenvalue weighted by Gasteiger charge is 2.32. The molecule has 3 aliphatic rings. The van der Waals surface area contributed by atoms with Crippen LogP contribution >= 0.6 is 0 Å². The summed E-state index contributed by atoms with van der Waals surface area (Å²) >= 11 is 0. The number of nitrogens with zero attached hydrogens (tertiary/aromatic N) is 5. The fourth-order valence-corrected chi connectivity index (χ4v) is 4.49. The Labute approximate surface area is 170 Å². The molecule has 2 unspecified atom stereocenters. The predicted molar refractivity (Wildman–Crippen MR) is 112 cm³/mol. The number of hydrogen-bond donors (Lipinski definition) is 1. The summed E-state index contributed by atoms with van der Waals surface area (Å²) in [6, 6.07) is 6.42. The number of fused-ring (bicyclic) bond motifs is 1. The van der Waals surface area contributed by atoms with E-state index in [-0.39, 0.29) is 5.92 Å². The van der Waals surface area contributed by atoms with Gasteiger partial charge in [-0.25, -0.2) is 15.0 Å². The van der Waals surface area contributed by atoms with Crippen LogP contribution in [-0.4, -0.2) is 79.6 Å². The molecule has 2 aromatic rings. The van der Waals surface area contributed by atoms with Crippen LogP contribution in [0.5, 0.6) is 0 Å². The van der Waals surface area contributed by atoms with Crippen molar-refractivity contribution in [1.82, 2.24) is 9.97 Å². The fraction of sp³-hybridized carbons (Fsp3) is 0.571. The van der Waals surface area contributed by atoms with E-state index in [1.807, 2.05) is 0 Å². The maximum Gasteiger partial charge on any atom is 0.213 e. The third-order valence-corrected chi connectivity index (χ3v) is 6.04. The number of morpholine rings is 1. The molecule has 0 saturated carbocycles. The Hall–Kier alpha value is -2.45. The van der Waals surface area contributed by atoms with Gasteiger partial charge in [0.25, 0.3) is 0 Å². The molecule has 2 atom stereocenters. The third kappa shape index (κ3) is 3.74. The van der Waals surface area contributed by atoms with Crippen LogP contribution in [0.2, 0.25) is 0 Å². The van der Waals surface area contributed by atoms with Gasteiger partial charge in [-0.05, 0) is 31.0 Å². The van der Waals surface area contributed by atoms with E-state index in [0.717, 1.165) is 69.0 Å². The largest absolute Gasteiger partial charge is 0.477 e. The van der Waals surface area contributed by atoms with Crippen LogP contribution in [-0.2, 0) is 9.47 Å². The summed E-state index contributed by atoms with van der Waals surface area (Å²) in [4.78, 5) is 18.0. The van der Waals surface area contributed by atoms with Crippen molar-refractivity contribution in [2.45, 2.75) is 18.9 Å². The van der Waals surface area contributed by atoms with Crippen LogP contribution in [0.4, 0.5) is 11.5 Å². The van der Waals surface area contributed by atoms with Gasteiger partial charge >= 0.3 is 0 Å². The van der Waals surface area contributed by atoms with E-state index in [4.69, 9.17) is 9.47 Å². The monoisotopic (exact) mass is 397 g/mol. The molecule has 0 aliphatic carbocycles. The minimum Gasteiger partial charge on any atom is -0.477 e. The van der Waals surface area contributed by atoms with Gasteiger partial charge in [0.15, 0.2) is 0 Å². The van der Waals surface area contributed by atoms with E-state index >= 15 is 0 Å². The zero-order valence-electron chi connectivity index (χ0n) is 16.5. The summed E-state index contributed by atoms with van der Waals surface area (Å²) in [5.41, 5.74) is 2.12. The summed E-state index contributed by atoms with van der Waals surface area (Å²) in [7, 11) is 0. The summed E-state index contributed by atoms with van der Waals surface area (Å²) in [6.07, 6.45) is 2.98. The van der Waals surface area contributed by atoms with Crippen LogP contribution in [0.3, 0.4) is 0 Å². The Bertz CT molecular complexity index is 899. The summed E-state index contributed by atoms with van der Waals surface area (Å²) in [5, 5.41) is 11.8. The standard InChI is InChI=1S/C21H27N5O3/c27-19(21-22-5-9-29-21)15-2-1-6-26(13-15)20-17-4-3-16(12-18(17)23-14-24-20)25-7-10-28-11-8-25/h3-4,12,14-15,19,27H,1-2,5-11,13H2. The molecule has 0 amide bonds. The van der Waals surface area contributed by atoms with Crippen molar-refractivity contribution in [2.75, 3.05) is 62.3 Å². The molecule has 3 aliphatic heterocycles. The molecule has 1 aromatic carbocycles. The average molecular weight is 397 g/mol. The molecule has 154 valence electrons. The Kier molecular flexibility index (Phi) is 5.20. The van der Waals surface area contributed by atoms with Gasteiger partial charge in [0, 0.05) is 43.2 Å². The number of hydrogen-bond acceptors (Lipinski definition) is 8. The predicted octanol–water partition coefficient (Wildman–Crippen LogP) is 1.47. The van der Waals surface area contributed by atoms with Gasteiger partial charge in [-0.2, -0.15) is 0 Å². The Morgan fingerprint density at radius 1 is 1.07 bits per heavy atom. The lowest BCUT2D eigenvalue weighted by Gasteiger charge is -2.36. The van der Waals surface area contributed by atoms with E-state index in [9.17, 15) is 5.11 Å². The third-order valence-electron chi connectivity index (χ3n) is 6.04. The Balaban J connectivity index is 1.39. The molecule has 1 aromatic heterocycles. The second-order valence-electron chi connectivity index (χ2n) is 7.86. The topological polar surface area (TPSA) is 83.3 Å². The van der Waals surface area contributed by atoms with Crippen molar-refractivity contribution >= 4 is 28.3 Å². The number of aliphatic hydroxyl groups excluding tert-OH is 1. The van der Waals surface area contributed by atoms with E-state index in [1.54, 1.807) is 6.33 Å². The SMILES string of the molecule is OC(C1=NCCO1)C1CCCN(c2ncnc3cc(N4CCOCC4)ccc23)C1. The molecule has 8 nitrogen and oxygen atoms in total. The van der Waals surface area contributed by atoms with Gasteiger partial charge in [0.2, 0.25) is 5.90 Å². The number of ether oxygens (including phenoxy) is 2. The summed E-state index contributed by atoms with van der Waals surface area (Å²) < 4.78 is 11.0. The molecule has 4 heterocycles. The van der Waals surface area contributed by atoms with Crippen LogP contribution in [0, 0.1) is 5.92 Å². The molecule has 5 rings (SSSR count). The van der Waals surface area contributed by atoms with Crippen molar-refractivity contribution in [3.05, 3.63) is 24.5 Å². The summed E-state index contributed by atoms with van der Waals surface area (Å²) in [5.74, 6) is 1.53. The minimum atomic E-state index is -0.638. The number of benzene rings is 1. The maximum atomic E-state index is 10.7. The van der Waals surface area contributed by atoms with Crippen LogP contribution in [0.1, 0.15) is 12.8 Å². The quantitative estimate of drug-likeness (QED) is 0.836. The van der Waals surface area contributed by atoms with Gasteiger partial charge in [0.05, 0.1) is 25.3 Å². The minimum absolute atomic E-state index is 0.0956. The second-order valence-corrected chi connectivity index (χ2v) is 7.86. The highest BCUT2D eigenvalue weighted by Crippen LogP contribution is 2.31. The molecule has 2 fully saturated rings. The van der Waals surface area contributed by atoms with Gasteiger partial charge in [-0.3, -0.25) is 0 Å². The molecule has 1 N–H and O–H groups in total. The highest BCUT2D eigenvalue weighted by atomic mass is 16.5. The number of rotatable bonds is 4. The molecule has 8 heteroatoms. The van der Waals surface area contributed by atoms with E-state index in [0.29, 0.717) is 19.0 Å². The van der Waals surface area contributed by atoms with Crippen molar-refractivity contribution in [3.8, 4) is 0 Å². The van der Waals surface area contributed by atoms with Gasteiger partial charge in [-0.15, -0.1) is 0 Å². The fourth-order valence-electron chi connectivity index (χ4n) is 4.49. The summed E-state index contributed by atoms with van der Waals surface area (Å²) in [6.45, 7) is 6.21. The van der Waals surface area contributed by atoms with Crippen molar-refractivity contribution in [2.24, 2.45) is 10.9 Å². The molecule has 29 heavy (non-hydrogen) atoms. The van der Waals surface area contributed by atoms with Crippen molar-refractivity contribution < 1.29 is 14.6 Å². The normalized spacial score (nSPS) is 23.8. The number of aromatic nitrogens is 2. The molecule has 0 spiro atoms. The van der Waals surface area contributed by atoms with Crippen LogP contribution in [0.25, 0.3) is 10.9 Å². The molecule has 0 bridgehead atoms. The first-order chi connectivity index (χ1) is 14.3. The van der Waals surface area contributed by atoms with Crippen molar-refractivity contribution in [3.63, 3.8) is 0 Å². The molecular formula is C21H27N5O3. The smallest absolute Gasteiger partial charge is 0.213 e. The van der Waals surface area contributed by atoms with Crippen LogP contribution < -0.4 is 9.80 Å². The number of aliphatic hydroxyl groups is 1. The second kappa shape index (κ2) is 8.12. The molecule has 0 radical (unpaired) electrons. The lowest BCUT2D eigenvalue weighted by Crippen LogP contribution is -2.43. The zero-order valence-corrected chi connectivity index (χ0v) is 16.5. The first-order valence-corrected chi connectivity index (χ1v) is 10.5. The van der Waals surface area contributed by atoms with E-state index in [2.05, 4.69) is 43.0 Å². The van der Waals surface area contributed by atoms with Gasteiger partial charge < -0.3 is 24.4 Å². The maximum absolute atomic E-state index is 10.7. The Morgan fingerprint density at radius 3 is 2.79 bits per heavy atom. The lowest BCUT2D eigenvalue weighted by molar-refractivity contribution is 0.122.